The number of carbonyl (C=O) groups is 1. The summed E-state index contributed by atoms with van der Waals surface area (Å²) in [6, 6.07) is 27.7. The molecule has 4 aromatic carbocycles. The van der Waals surface area contributed by atoms with Gasteiger partial charge in [-0.05, 0) is 90.5 Å². The van der Waals surface area contributed by atoms with Crippen molar-refractivity contribution in [3.8, 4) is 28.0 Å². The summed E-state index contributed by atoms with van der Waals surface area (Å²) in [6.45, 7) is 0. The number of hydrogen-bond donors (Lipinski definition) is 2. The molecular weight excluding hydrogens is 602 g/mol. The van der Waals surface area contributed by atoms with Crippen LogP contribution in [0.15, 0.2) is 96.7 Å². The zero-order valence-corrected chi connectivity index (χ0v) is 24.8. The van der Waals surface area contributed by atoms with Gasteiger partial charge in [-0.25, -0.2) is 29.7 Å². The molecule has 0 fully saturated rings. The van der Waals surface area contributed by atoms with Crippen molar-refractivity contribution in [2.45, 2.75) is 0 Å². The van der Waals surface area contributed by atoms with Gasteiger partial charge in [-0.15, -0.1) is 11.3 Å². The fourth-order valence-electron chi connectivity index (χ4n) is 4.94. The minimum atomic E-state index is -1.30. The van der Waals surface area contributed by atoms with E-state index in [1.54, 1.807) is 31.5 Å². The Morgan fingerprint density at radius 1 is 0.826 bits per heavy atom. The number of aliphatic carboxylic acids is 1. The molecule has 0 aliphatic heterocycles. The molecule has 0 unspecified atom stereocenters. The molecule has 2 N–H and O–H groups in total. The number of thiazole rings is 1. The van der Waals surface area contributed by atoms with E-state index in [9.17, 15) is 9.90 Å². The van der Waals surface area contributed by atoms with E-state index in [0.29, 0.717) is 38.4 Å². The normalized spacial score (nSPS) is 11.5. The van der Waals surface area contributed by atoms with Crippen LogP contribution in [0, 0.1) is 11.3 Å². The van der Waals surface area contributed by atoms with Crippen molar-refractivity contribution in [2.75, 3.05) is 12.0 Å². The van der Waals surface area contributed by atoms with E-state index >= 15 is 0 Å². The Morgan fingerprint density at radius 2 is 1.41 bits per heavy atom. The molecule has 0 atom stereocenters. The van der Waals surface area contributed by atoms with E-state index in [4.69, 9.17) is 35.0 Å². The van der Waals surface area contributed by atoms with Crippen LogP contribution in [0.3, 0.4) is 0 Å². The van der Waals surface area contributed by atoms with Crippen LogP contribution >= 0.6 is 11.3 Å². The number of carboxylic acid groups (broad SMARTS) is 1. The fourth-order valence-corrected chi connectivity index (χ4v) is 5.79. The average molecular weight is 624 g/mol. The highest BCUT2D eigenvalue weighted by atomic mass is 32.1. The van der Waals surface area contributed by atoms with Gasteiger partial charge in [0, 0.05) is 23.3 Å². The van der Waals surface area contributed by atoms with Crippen molar-refractivity contribution in [3.05, 3.63) is 102 Å². The highest BCUT2D eigenvalue weighted by molar-refractivity contribution is 7.16. The monoisotopic (exact) mass is 623 g/mol. The van der Waals surface area contributed by atoms with Crippen LogP contribution < -0.4 is 9.64 Å². The summed E-state index contributed by atoms with van der Waals surface area (Å²) in [4.78, 5) is 37.3. The second kappa shape index (κ2) is 11.6. The number of aromatic hydroxyl groups is 1. The number of phenolic OH excluding ortho intramolecular Hbond substituents is 1. The van der Waals surface area contributed by atoms with Crippen molar-refractivity contribution in [1.82, 2.24) is 24.9 Å². The van der Waals surface area contributed by atoms with Crippen LogP contribution in [0.2, 0.25) is 0 Å². The van der Waals surface area contributed by atoms with Crippen molar-refractivity contribution < 1.29 is 19.7 Å². The number of rotatable bonds is 7. The SMILES string of the molecule is COc1ccc(N(c2ccc(O)cc2)c2ccc3nc4nc5cc(-c6cnc(/C=C(\C#N)C(=O)O)s6)ccc5nc4nc3c2)cc1. The maximum Gasteiger partial charge on any atom is 0.346 e. The Hall–Kier alpha value is -6.45. The highest BCUT2D eigenvalue weighted by Crippen LogP contribution is 2.37. The zero-order valence-electron chi connectivity index (χ0n) is 24.0. The van der Waals surface area contributed by atoms with Crippen molar-refractivity contribution in [1.29, 1.82) is 5.26 Å². The maximum atomic E-state index is 11.2. The Kier molecular flexibility index (Phi) is 7.12. The molecule has 0 radical (unpaired) electrons. The van der Waals surface area contributed by atoms with Gasteiger partial charge in [0.2, 0.25) is 0 Å². The predicted octanol–water partition coefficient (Wildman–Crippen LogP) is 7.03. The minimum absolute atomic E-state index is 0.172. The standard InChI is InChI=1S/C34H21N7O4S/c1-45-25-10-5-22(6-11-25)41(21-3-8-24(42)9-4-21)23-7-13-27-29(16-23)40-33-32(38-27)39-28-14-19(2-12-26(28)37-33)30-18-36-31(46-30)15-20(17-35)34(43)44/h2-16,18,42H,1H3,(H,43,44)/b20-15+. The first-order valence-electron chi connectivity index (χ1n) is 13.8. The lowest BCUT2D eigenvalue weighted by atomic mass is 10.1. The third kappa shape index (κ3) is 5.38. The molecule has 3 heterocycles. The first kappa shape index (κ1) is 28.3. The highest BCUT2D eigenvalue weighted by Gasteiger charge is 2.16. The molecule has 0 aliphatic rings. The number of phenols is 1. The van der Waals surface area contributed by atoms with E-state index < -0.39 is 5.97 Å². The molecule has 12 heteroatoms. The summed E-state index contributed by atoms with van der Waals surface area (Å²) in [5, 5.41) is 28.5. The van der Waals surface area contributed by atoms with E-state index in [1.165, 1.54) is 17.4 Å². The van der Waals surface area contributed by atoms with Crippen LogP contribution in [-0.4, -0.2) is 48.2 Å². The molecule has 0 spiro atoms. The van der Waals surface area contributed by atoms with E-state index in [-0.39, 0.29) is 11.3 Å². The quantitative estimate of drug-likeness (QED) is 0.107. The van der Waals surface area contributed by atoms with Crippen LogP contribution in [0.1, 0.15) is 5.01 Å². The lowest BCUT2D eigenvalue weighted by Gasteiger charge is -2.25. The number of hydrogen-bond acceptors (Lipinski definition) is 11. The van der Waals surface area contributed by atoms with Gasteiger partial charge >= 0.3 is 5.97 Å². The average Bonchev–Trinajstić information content (AvgIpc) is 3.55. The molecule has 0 bridgehead atoms. The summed E-state index contributed by atoms with van der Waals surface area (Å²) in [6.07, 6.45) is 2.87. The first-order chi connectivity index (χ1) is 22.4. The van der Waals surface area contributed by atoms with Crippen molar-refractivity contribution in [2.24, 2.45) is 0 Å². The predicted molar refractivity (Wildman–Crippen MR) is 175 cm³/mol. The van der Waals surface area contributed by atoms with Gasteiger partial charge in [-0.2, -0.15) is 5.26 Å². The van der Waals surface area contributed by atoms with E-state index in [1.807, 2.05) is 77.7 Å². The largest absolute Gasteiger partial charge is 0.508 e. The molecule has 0 saturated heterocycles. The number of fused-ring (bicyclic) bond motifs is 3. The first-order valence-corrected chi connectivity index (χ1v) is 14.6. The smallest absolute Gasteiger partial charge is 0.346 e. The number of methoxy groups -OCH3 is 1. The number of benzene rings is 4. The summed E-state index contributed by atoms with van der Waals surface area (Å²) >= 11 is 1.26. The second-order valence-electron chi connectivity index (χ2n) is 10.1. The van der Waals surface area contributed by atoms with E-state index in [2.05, 4.69) is 4.98 Å². The number of nitrogens with zero attached hydrogens (tertiary/aromatic N) is 7. The fraction of sp³-hybridized carbons (Fsp3) is 0.0294. The van der Waals surface area contributed by atoms with Gasteiger partial charge in [-0.3, -0.25) is 0 Å². The molecule has 0 aliphatic carbocycles. The summed E-state index contributed by atoms with van der Waals surface area (Å²) in [7, 11) is 1.62. The molecular formula is C34H21N7O4S. The minimum Gasteiger partial charge on any atom is -0.508 e. The molecule has 11 nitrogen and oxygen atoms in total. The topological polar surface area (TPSA) is 158 Å². The third-order valence-corrected chi connectivity index (χ3v) is 8.16. The molecule has 46 heavy (non-hydrogen) atoms. The third-order valence-electron chi connectivity index (χ3n) is 7.16. The van der Waals surface area contributed by atoms with Gasteiger partial charge in [0.15, 0.2) is 11.3 Å². The zero-order chi connectivity index (χ0) is 31.8. The van der Waals surface area contributed by atoms with Gasteiger partial charge in [0.25, 0.3) is 0 Å². The number of aromatic nitrogens is 5. The second-order valence-corrected chi connectivity index (χ2v) is 11.1. The lowest BCUT2D eigenvalue weighted by molar-refractivity contribution is -0.132. The molecule has 7 rings (SSSR count). The van der Waals surface area contributed by atoms with Gasteiger partial charge in [0.1, 0.15) is 28.1 Å². The maximum absolute atomic E-state index is 11.2. The van der Waals surface area contributed by atoms with Crippen LogP contribution in [0.5, 0.6) is 11.5 Å². The lowest BCUT2D eigenvalue weighted by Crippen LogP contribution is -2.10. The molecule has 222 valence electrons. The van der Waals surface area contributed by atoms with Crippen molar-refractivity contribution >= 4 is 73.8 Å². The summed E-state index contributed by atoms with van der Waals surface area (Å²) < 4.78 is 5.34. The number of anilines is 3. The Morgan fingerprint density at radius 3 is 2.04 bits per heavy atom. The summed E-state index contributed by atoms with van der Waals surface area (Å²) in [5.74, 6) is -0.392. The van der Waals surface area contributed by atoms with Crippen molar-refractivity contribution in [3.63, 3.8) is 0 Å². The number of nitriles is 1. The molecule has 3 aromatic heterocycles. The Labute approximate surface area is 265 Å². The number of ether oxygens (including phenoxy) is 1. The molecule has 0 amide bonds. The Bertz CT molecular complexity index is 2370. The van der Waals surface area contributed by atoms with Crippen LogP contribution in [0.25, 0.3) is 49.9 Å². The van der Waals surface area contributed by atoms with Gasteiger partial charge in [-0.1, -0.05) is 6.07 Å². The van der Waals surface area contributed by atoms with Crippen LogP contribution in [-0.2, 0) is 4.79 Å². The van der Waals surface area contributed by atoms with Gasteiger partial charge < -0.3 is 19.8 Å². The van der Waals surface area contributed by atoms with Gasteiger partial charge in [0.05, 0.1) is 34.1 Å². The Balaban J connectivity index is 1.27. The molecule has 0 saturated carbocycles. The molecule has 7 aromatic rings. The van der Waals surface area contributed by atoms with Crippen LogP contribution in [0.4, 0.5) is 17.1 Å². The van der Waals surface area contributed by atoms with E-state index in [0.717, 1.165) is 33.3 Å². The number of carboxylic acids is 1. The summed E-state index contributed by atoms with van der Waals surface area (Å²) in [5.41, 5.74) is 6.31.